The molecule has 0 unspecified atom stereocenters. The third-order valence-corrected chi connectivity index (χ3v) is 4.41. The molecule has 0 spiro atoms. The third kappa shape index (κ3) is 3.88. The molecule has 0 amide bonds. The van der Waals surface area contributed by atoms with Gasteiger partial charge in [-0.25, -0.2) is 4.98 Å². The second kappa shape index (κ2) is 6.60. The van der Waals surface area contributed by atoms with Crippen LogP contribution < -0.4 is 0 Å². The molecule has 2 aromatic rings. The number of rotatable bonds is 3. The number of nitrogens with zero attached hydrogens (tertiary/aromatic N) is 1. The number of aromatic nitrogens is 1. The zero-order valence-electron chi connectivity index (χ0n) is 10.0. The summed E-state index contributed by atoms with van der Waals surface area (Å²) in [5.74, 6) is 6.46. The van der Waals surface area contributed by atoms with Crippen LogP contribution in [0.25, 0.3) is 0 Å². The largest absolute Gasteiger partial charge is 0.384 e. The number of thiazole rings is 1. The Morgan fingerprint density at radius 2 is 2.33 bits per heavy atom. The van der Waals surface area contributed by atoms with Crippen LogP contribution in [0.2, 0.25) is 0 Å². The zero-order chi connectivity index (χ0) is 12.8. The van der Waals surface area contributed by atoms with Gasteiger partial charge in [-0.1, -0.05) is 35.7 Å². The molecule has 0 aliphatic carbocycles. The molecule has 1 aromatic heterocycles. The van der Waals surface area contributed by atoms with E-state index in [9.17, 15) is 0 Å². The molecule has 92 valence electrons. The molecule has 0 aliphatic heterocycles. The second-order valence-electron chi connectivity index (χ2n) is 3.70. The van der Waals surface area contributed by atoms with Crippen LogP contribution in [0.3, 0.4) is 0 Å². The van der Waals surface area contributed by atoms with Crippen LogP contribution in [0.1, 0.15) is 16.8 Å². The summed E-state index contributed by atoms with van der Waals surface area (Å²) in [6, 6.07) is 8.07. The summed E-state index contributed by atoms with van der Waals surface area (Å²) >= 11 is 3.41. The maximum absolute atomic E-state index is 8.67. The normalized spacial score (nSPS) is 9.89. The maximum Gasteiger partial charge on any atom is 0.150 e. The highest BCUT2D eigenvalue weighted by Gasteiger charge is 2.00. The summed E-state index contributed by atoms with van der Waals surface area (Å²) in [7, 11) is 0. The fourth-order valence-electron chi connectivity index (χ4n) is 1.42. The fraction of sp³-hybridized carbons (Fsp3) is 0.214. The number of aryl methyl sites for hydroxylation is 1. The molecule has 1 N–H and O–H groups in total. The van der Waals surface area contributed by atoms with Crippen LogP contribution >= 0.6 is 23.1 Å². The molecule has 0 bridgehead atoms. The van der Waals surface area contributed by atoms with Gasteiger partial charge in [-0.2, -0.15) is 0 Å². The van der Waals surface area contributed by atoms with E-state index in [1.165, 1.54) is 5.56 Å². The Labute approximate surface area is 115 Å². The number of hydrogen-bond donors (Lipinski definition) is 1. The van der Waals surface area contributed by atoms with Gasteiger partial charge in [0.2, 0.25) is 0 Å². The molecule has 2 nitrogen and oxygen atoms in total. The van der Waals surface area contributed by atoms with Crippen molar-refractivity contribution >= 4 is 23.1 Å². The topological polar surface area (TPSA) is 33.1 Å². The summed E-state index contributed by atoms with van der Waals surface area (Å²) in [4.78, 5) is 4.42. The molecule has 0 radical (unpaired) electrons. The second-order valence-corrected chi connectivity index (χ2v) is 5.78. The van der Waals surface area contributed by atoms with Gasteiger partial charge in [-0.05, 0) is 24.6 Å². The smallest absolute Gasteiger partial charge is 0.150 e. The lowest BCUT2D eigenvalue weighted by Gasteiger charge is -1.99. The zero-order valence-corrected chi connectivity index (χ0v) is 11.6. The van der Waals surface area contributed by atoms with Gasteiger partial charge in [-0.15, -0.1) is 11.3 Å². The first-order valence-corrected chi connectivity index (χ1v) is 7.38. The molecule has 4 heteroatoms. The number of aliphatic hydroxyl groups is 1. The van der Waals surface area contributed by atoms with E-state index in [1.54, 1.807) is 23.1 Å². The van der Waals surface area contributed by atoms with Crippen molar-refractivity contribution in [3.8, 4) is 11.8 Å². The monoisotopic (exact) mass is 275 g/mol. The van der Waals surface area contributed by atoms with Gasteiger partial charge in [0.25, 0.3) is 0 Å². The van der Waals surface area contributed by atoms with E-state index in [1.807, 2.05) is 19.1 Å². The van der Waals surface area contributed by atoms with Gasteiger partial charge < -0.3 is 5.11 Å². The molecule has 0 atom stereocenters. The summed E-state index contributed by atoms with van der Waals surface area (Å²) in [5, 5.41) is 10.7. The summed E-state index contributed by atoms with van der Waals surface area (Å²) in [5.41, 5.74) is 3.24. The molecule has 0 fully saturated rings. The number of aliphatic hydroxyl groups excluding tert-OH is 1. The quantitative estimate of drug-likeness (QED) is 0.690. The van der Waals surface area contributed by atoms with Crippen molar-refractivity contribution in [2.45, 2.75) is 17.0 Å². The van der Waals surface area contributed by atoms with Crippen LogP contribution in [-0.4, -0.2) is 16.7 Å². The van der Waals surface area contributed by atoms with Gasteiger partial charge in [0.15, 0.2) is 0 Å². The third-order valence-electron chi connectivity index (χ3n) is 2.20. The highest BCUT2D eigenvalue weighted by atomic mass is 32.2. The number of benzene rings is 1. The lowest BCUT2D eigenvalue weighted by atomic mass is 10.1. The van der Waals surface area contributed by atoms with Gasteiger partial charge >= 0.3 is 0 Å². The van der Waals surface area contributed by atoms with E-state index in [-0.39, 0.29) is 6.61 Å². The van der Waals surface area contributed by atoms with Crippen molar-refractivity contribution in [2.75, 3.05) is 6.61 Å². The average Bonchev–Trinajstić information content (AvgIpc) is 2.80. The number of hydrogen-bond acceptors (Lipinski definition) is 4. The Morgan fingerprint density at radius 1 is 1.44 bits per heavy atom. The lowest BCUT2D eigenvalue weighted by molar-refractivity contribution is 0.350. The van der Waals surface area contributed by atoms with E-state index in [2.05, 4.69) is 34.3 Å². The standard InChI is InChI=1S/C14H13NOS2/c1-11-9-17-14(15-11)18-10-13-5-2-4-12(8-13)6-3-7-16/h2,4-5,8-9,16H,7,10H2,1H3. The first kappa shape index (κ1) is 13.2. The Bertz CT molecular complexity index is 581. The molecule has 0 saturated carbocycles. The predicted octanol–water partition coefficient (Wildman–Crippen LogP) is 3.09. The SMILES string of the molecule is Cc1csc(SCc2cccc(C#CCO)c2)n1. The molecular formula is C14H13NOS2. The predicted molar refractivity (Wildman–Crippen MR) is 76.8 cm³/mol. The van der Waals surface area contributed by atoms with E-state index in [0.29, 0.717) is 0 Å². The molecule has 0 saturated heterocycles. The van der Waals surface area contributed by atoms with Crippen molar-refractivity contribution < 1.29 is 5.11 Å². The van der Waals surface area contributed by atoms with Crippen molar-refractivity contribution in [1.29, 1.82) is 0 Å². The lowest BCUT2D eigenvalue weighted by Crippen LogP contribution is -1.83. The van der Waals surface area contributed by atoms with Crippen molar-refractivity contribution in [3.05, 3.63) is 46.5 Å². The van der Waals surface area contributed by atoms with Gasteiger partial charge in [0, 0.05) is 22.4 Å². The highest BCUT2D eigenvalue weighted by Crippen LogP contribution is 2.26. The fourth-order valence-corrected chi connectivity index (χ4v) is 3.22. The Kier molecular flexibility index (Phi) is 4.82. The highest BCUT2D eigenvalue weighted by molar-refractivity contribution is 8.00. The van der Waals surface area contributed by atoms with Gasteiger partial charge in [0.1, 0.15) is 10.9 Å². The van der Waals surface area contributed by atoms with E-state index in [0.717, 1.165) is 21.3 Å². The van der Waals surface area contributed by atoms with Crippen molar-refractivity contribution in [2.24, 2.45) is 0 Å². The van der Waals surface area contributed by atoms with E-state index >= 15 is 0 Å². The van der Waals surface area contributed by atoms with Gasteiger partial charge in [-0.3, -0.25) is 0 Å². The maximum atomic E-state index is 8.67. The Morgan fingerprint density at radius 3 is 3.06 bits per heavy atom. The summed E-state index contributed by atoms with van der Waals surface area (Å²) in [6.07, 6.45) is 0. The molecule has 18 heavy (non-hydrogen) atoms. The van der Waals surface area contributed by atoms with Crippen molar-refractivity contribution in [3.63, 3.8) is 0 Å². The van der Waals surface area contributed by atoms with Crippen LogP contribution in [-0.2, 0) is 5.75 Å². The average molecular weight is 275 g/mol. The van der Waals surface area contributed by atoms with Crippen LogP contribution in [0.4, 0.5) is 0 Å². The minimum Gasteiger partial charge on any atom is -0.384 e. The van der Waals surface area contributed by atoms with Crippen molar-refractivity contribution in [1.82, 2.24) is 4.98 Å². The molecule has 0 aliphatic rings. The van der Waals surface area contributed by atoms with Crippen LogP contribution in [0.15, 0.2) is 34.0 Å². The summed E-state index contributed by atoms with van der Waals surface area (Å²) in [6.45, 7) is 1.91. The first-order valence-electron chi connectivity index (χ1n) is 5.51. The molecule has 2 rings (SSSR count). The molecule has 1 heterocycles. The van der Waals surface area contributed by atoms with Crippen LogP contribution in [0.5, 0.6) is 0 Å². The first-order chi connectivity index (χ1) is 8.78. The molecule has 1 aromatic carbocycles. The minimum atomic E-state index is -0.0998. The van der Waals surface area contributed by atoms with Crippen LogP contribution in [0, 0.1) is 18.8 Å². The Hall–Kier alpha value is -1.28. The van der Waals surface area contributed by atoms with E-state index in [4.69, 9.17) is 5.11 Å². The van der Waals surface area contributed by atoms with Gasteiger partial charge in [0.05, 0.1) is 0 Å². The Balaban J connectivity index is 2.01. The minimum absolute atomic E-state index is 0.0998. The van der Waals surface area contributed by atoms with E-state index < -0.39 is 0 Å². The number of thioether (sulfide) groups is 1. The molecular weight excluding hydrogens is 262 g/mol. The summed E-state index contributed by atoms with van der Waals surface area (Å²) < 4.78 is 1.10.